The molecule has 184 valence electrons. The van der Waals surface area contributed by atoms with E-state index in [4.69, 9.17) is 14.2 Å². The number of methoxy groups -OCH3 is 1. The van der Waals surface area contributed by atoms with Gasteiger partial charge >= 0.3 is 18.2 Å². The summed E-state index contributed by atoms with van der Waals surface area (Å²) in [5.41, 5.74) is -2.03. The molecule has 9 nitrogen and oxygen atoms in total. The van der Waals surface area contributed by atoms with Gasteiger partial charge in [-0.05, 0) is 75.7 Å². The molecule has 0 fully saturated rings. The van der Waals surface area contributed by atoms with Crippen molar-refractivity contribution in [2.75, 3.05) is 7.11 Å². The van der Waals surface area contributed by atoms with Crippen molar-refractivity contribution in [3.63, 3.8) is 0 Å². The Morgan fingerprint density at radius 3 is 1.88 bits per heavy atom. The molecule has 34 heavy (non-hydrogen) atoms. The molecule has 0 atom stereocenters. The van der Waals surface area contributed by atoms with Crippen molar-refractivity contribution in [1.29, 1.82) is 0 Å². The van der Waals surface area contributed by atoms with Crippen LogP contribution in [0.15, 0.2) is 45.7 Å². The van der Waals surface area contributed by atoms with Gasteiger partial charge in [0.1, 0.15) is 16.8 Å². The maximum atomic E-state index is 13.3. The van der Waals surface area contributed by atoms with Crippen LogP contribution in [0.1, 0.15) is 57.6 Å². The highest BCUT2D eigenvalue weighted by Crippen LogP contribution is 2.24. The lowest BCUT2D eigenvalue weighted by atomic mass is 10.2. The van der Waals surface area contributed by atoms with Crippen molar-refractivity contribution in [1.82, 2.24) is 9.47 Å². The number of ether oxygens (including phenoxy) is 3. The van der Waals surface area contributed by atoms with Gasteiger partial charge in [0.15, 0.2) is 0 Å². The third kappa shape index (κ3) is 6.93. The van der Waals surface area contributed by atoms with E-state index in [1.54, 1.807) is 71.9 Å². The monoisotopic (exact) mass is 536 g/mol. The van der Waals surface area contributed by atoms with Crippen LogP contribution in [-0.4, -0.2) is 45.9 Å². The lowest BCUT2D eigenvalue weighted by Crippen LogP contribution is -2.44. The second kappa shape index (κ2) is 10.4. The predicted molar refractivity (Wildman–Crippen MR) is 129 cm³/mol. The number of para-hydroxylation sites is 1. The molecule has 2 amide bonds. The van der Waals surface area contributed by atoms with Crippen molar-refractivity contribution in [2.45, 2.75) is 59.3 Å². The van der Waals surface area contributed by atoms with Crippen LogP contribution in [-0.2, 0) is 20.8 Å². The molecular weight excluding hydrogens is 508 g/mol. The van der Waals surface area contributed by atoms with E-state index < -0.39 is 34.9 Å². The predicted octanol–water partition coefficient (Wildman–Crippen LogP) is 5.06. The molecule has 0 N–H and O–H groups in total. The van der Waals surface area contributed by atoms with Crippen molar-refractivity contribution >= 4 is 34.1 Å². The van der Waals surface area contributed by atoms with E-state index in [1.807, 2.05) is 0 Å². The Hall–Kier alpha value is -3.14. The Kier molecular flexibility index (Phi) is 8.31. The summed E-state index contributed by atoms with van der Waals surface area (Å²) < 4.78 is 17.1. The van der Waals surface area contributed by atoms with E-state index in [1.165, 1.54) is 17.7 Å². The summed E-state index contributed by atoms with van der Waals surface area (Å²) >= 11 is 3.38. The molecule has 0 aliphatic heterocycles. The third-order valence-electron chi connectivity index (χ3n) is 4.21. The largest absolute Gasteiger partial charge is 0.465 e. The Morgan fingerprint density at radius 1 is 0.941 bits per heavy atom. The Bertz CT molecular complexity index is 1100. The average molecular weight is 537 g/mol. The highest BCUT2D eigenvalue weighted by atomic mass is 79.9. The van der Waals surface area contributed by atoms with Gasteiger partial charge in [0.25, 0.3) is 5.56 Å². The van der Waals surface area contributed by atoms with Gasteiger partial charge in [0.05, 0.1) is 19.3 Å². The normalized spacial score (nSPS) is 11.5. The van der Waals surface area contributed by atoms with Crippen LogP contribution < -0.4 is 5.56 Å². The van der Waals surface area contributed by atoms with Crippen LogP contribution in [0.2, 0.25) is 0 Å². The Morgan fingerprint density at radius 2 is 1.44 bits per heavy atom. The zero-order chi connectivity index (χ0) is 25.8. The number of halogens is 1. The maximum Gasteiger partial charge on any atom is 0.420 e. The van der Waals surface area contributed by atoms with Crippen LogP contribution in [0.25, 0.3) is 5.69 Å². The van der Waals surface area contributed by atoms with Crippen LogP contribution in [0, 0.1) is 0 Å². The van der Waals surface area contributed by atoms with Gasteiger partial charge < -0.3 is 14.2 Å². The number of carbonyl (C=O) groups excluding carboxylic acids is 3. The average Bonchev–Trinajstić information content (AvgIpc) is 2.71. The van der Waals surface area contributed by atoms with Gasteiger partial charge in [0.2, 0.25) is 0 Å². The summed E-state index contributed by atoms with van der Waals surface area (Å²) in [6.45, 7) is 9.62. The lowest BCUT2D eigenvalue weighted by molar-refractivity contribution is -0.000696. The molecular formula is C24H29BrN2O7. The van der Waals surface area contributed by atoms with Crippen LogP contribution in [0.4, 0.5) is 9.59 Å². The number of carbonyl (C=O) groups is 3. The fraction of sp³-hybridized carbons (Fsp3) is 0.417. The quantitative estimate of drug-likeness (QED) is 0.397. The van der Waals surface area contributed by atoms with Crippen LogP contribution >= 0.6 is 15.9 Å². The number of amides is 2. The molecule has 2 aromatic rings. The minimum absolute atomic E-state index is 0.219. The first kappa shape index (κ1) is 27.1. The highest BCUT2D eigenvalue weighted by molar-refractivity contribution is 9.10. The number of benzene rings is 1. The molecule has 0 saturated carbocycles. The molecule has 1 heterocycles. The van der Waals surface area contributed by atoms with Gasteiger partial charge in [-0.15, -0.1) is 0 Å². The molecule has 0 spiro atoms. The number of imide groups is 1. The first-order chi connectivity index (χ1) is 15.6. The summed E-state index contributed by atoms with van der Waals surface area (Å²) in [5, 5.41) is 0. The molecule has 0 saturated heterocycles. The molecule has 1 aromatic carbocycles. The molecule has 10 heteroatoms. The molecule has 0 bridgehead atoms. The number of nitrogens with zero attached hydrogens (tertiary/aromatic N) is 2. The standard InChI is InChI=1S/C24H29BrN2O7/c1-23(2,3)33-21(30)26(22(31)34-24(4,5)6)14-18-17(25)13-16(20(29)32-7)19(28)27(18)15-11-9-8-10-12-15/h8-13H,14H2,1-7H3. The van der Waals surface area contributed by atoms with E-state index in [9.17, 15) is 19.2 Å². The number of esters is 1. The van der Waals surface area contributed by atoms with Gasteiger partial charge in [-0.3, -0.25) is 9.36 Å². The van der Waals surface area contributed by atoms with E-state index >= 15 is 0 Å². The van der Waals surface area contributed by atoms with Gasteiger partial charge in [0, 0.05) is 10.2 Å². The molecule has 2 rings (SSSR count). The molecule has 1 aromatic heterocycles. The van der Waals surface area contributed by atoms with Crippen LogP contribution in [0.3, 0.4) is 0 Å². The fourth-order valence-corrected chi connectivity index (χ4v) is 3.39. The first-order valence-electron chi connectivity index (χ1n) is 10.5. The van der Waals surface area contributed by atoms with Crippen molar-refractivity contribution in [2.24, 2.45) is 0 Å². The first-order valence-corrected chi connectivity index (χ1v) is 11.3. The van der Waals surface area contributed by atoms with Gasteiger partial charge in [-0.25, -0.2) is 19.3 Å². The summed E-state index contributed by atoms with van der Waals surface area (Å²) in [5.74, 6) is -0.821. The summed E-state index contributed by atoms with van der Waals surface area (Å²) in [7, 11) is 1.17. The summed E-state index contributed by atoms with van der Waals surface area (Å²) in [6, 6.07) is 9.80. The minimum atomic E-state index is -0.947. The number of hydrogen-bond donors (Lipinski definition) is 0. The number of hydrogen-bond acceptors (Lipinski definition) is 7. The topological polar surface area (TPSA) is 104 Å². The summed E-state index contributed by atoms with van der Waals surface area (Å²) in [4.78, 5) is 52.3. The second-order valence-electron chi connectivity index (χ2n) is 9.37. The van der Waals surface area contributed by atoms with Crippen molar-refractivity contribution in [3.8, 4) is 5.69 Å². The Balaban J connectivity index is 2.71. The third-order valence-corrected chi connectivity index (χ3v) is 4.89. The highest BCUT2D eigenvalue weighted by Gasteiger charge is 2.33. The van der Waals surface area contributed by atoms with E-state index in [0.29, 0.717) is 10.2 Å². The molecule has 0 aliphatic carbocycles. The van der Waals surface area contributed by atoms with E-state index in [2.05, 4.69) is 15.9 Å². The molecule has 0 aliphatic rings. The zero-order valence-electron chi connectivity index (χ0n) is 20.3. The van der Waals surface area contributed by atoms with Crippen molar-refractivity contribution < 1.29 is 28.6 Å². The molecule has 0 unspecified atom stereocenters. The fourth-order valence-electron chi connectivity index (χ4n) is 2.86. The van der Waals surface area contributed by atoms with Crippen molar-refractivity contribution in [3.05, 3.63) is 62.5 Å². The smallest absolute Gasteiger partial charge is 0.420 e. The van der Waals surface area contributed by atoms with Gasteiger partial charge in [-0.1, -0.05) is 18.2 Å². The van der Waals surface area contributed by atoms with Gasteiger partial charge in [-0.2, -0.15) is 0 Å². The SMILES string of the molecule is COC(=O)c1cc(Br)c(CN(C(=O)OC(C)(C)C)C(=O)OC(C)(C)C)n(-c2ccccc2)c1=O. The van der Waals surface area contributed by atoms with E-state index in [-0.39, 0.29) is 17.8 Å². The number of aromatic nitrogens is 1. The second-order valence-corrected chi connectivity index (χ2v) is 10.2. The number of rotatable bonds is 4. The lowest BCUT2D eigenvalue weighted by Gasteiger charge is -2.29. The molecule has 0 radical (unpaired) electrons. The van der Waals surface area contributed by atoms with Crippen LogP contribution in [0.5, 0.6) is 0 Å². The zero-order valence-corrected chi connectivity index (χ0v) is 21.9. The number of pyridine rings is 1. The van der Waals surface area contributed by atoms with E-state index in [0.717, 1.165) is 4.90 Å². The minimum Gasteiger partial charge on any atom is -0.465 e. The summed E-state index contributed by atoms with van der Waals surface area (Å²) in [6.07, 6.45) is -1.89. The Labute approximate surface area is 206 Å². The maximum absolute atomic E-state index is 13.3.